The lowest BCUT2D eigenvalue weighted by molar-refractivity contribution is 0.848. The van der Waals surface area contributed by atoms with E-state index in [0.29, 0.717) is 11.7 Å². The van der Waals surface area contributed by atoms with Gasteiger partial charge in [0.05, 0.1) is 0 Å². The largest absolute Gasteiger partial charge is 0.383 e. The number of rotatable bonds is 4. The number of nitrogen functional groups attached to an aromatic ring is 1. The minimum absolute atomic E-state index is 0.513. The molecule has 2 N–H and O–H groups in total. The van der Waals surface area contributed by atoms with E-state index in [1.807, 2.05) is 6.92 Å². The molecule has 1 saturated carbocycles. The second-order valence-corrected chi connectivity index (χ2v) is 6.03. The Morgan fingerprint density at radius 1 is 1.14 bits per heavy atom. The summed E-state index contributed by atoms with van der Waals surface area (Å²) in [4.78, 5) is 11.3. The van der Waals surface area contributed by atoms with E-state index in [9.17, 15) is 0 Å². The fourth-order valence-electron chi connectivity index (χ4n) is 2.48. The van der Waals surface area contributed by atoms with Gasteiger partial charge in [0.1, 0.15) is 17.5 Å². The highest BCUT2D eigenvalue weighted by Gasteiger charge is 2.28. The van der Waals surface area contributed by atoms with E-state index in [0.717, 1.165) is 23.8 Å². The molecule has 110 valence electrons. The van der Waals surface area contributed by atoms with Crippen molar-refractivity contribution in [2.45, 2.75) is 39.2 Å². The summed E-state index contributed by atoms with van der Waals surface area (Å²) in [5.41, 5.74) is 9.58. The third-order valence-electron chi connectivity index (χ3n) is 4.02. The first-order chi connectivity index (χ1) is 10.0. The number of anilines is 2. The van der Waals surface area contributed by atoms with Crippen molar-refractivity contribution < 1.29 is 0 Å². The van der Waals surface area contributed by atoms with E-state index in [1.54, 1.807) is 0 Å². The molecule has 4 nitrogen and oxygen atoms in total. The predicted molar refractivity (Wildman–Crippen MR) is 86.4 cm³/mol. The topological polar surface area (TPSA) is 55.0 Å². The van der Waals surface area contributed by atoms with Crippen LogP contribution in [-0.2, 0) is 6.54 Å². The van der Waals surface area contributed by atoms with Gasteiger partial charge in [-0.25, -0.2) is 9.97 Å². The molecule has 0 amide bonds. The van der Waals surface area contributed by atoms with Crippen molar-refractivity contribution in [2.75, 3.05) is 17.7 Å². The van der Waals surface area contributed by atoms with Crippen LogP contribution in [0.5, 0.6) is 0 Å². The lowest BCUT2D eigenvalue weighted by Gasteiger charge is -2.21. The first kappa shape index (κ1) is 13.9. The summed E-state index contributed by atoms with van der Waals surface area (Å²) in [6, 6.07) is 8.60. The third-order valence-corrected chi connectivity index (χ3v) is 4.02. The van der Waals surface area contributed by atoms with Crippen LogP contribution in [0.15, 0.2) is 24.3 Å². The van der Waals surface area contributed by atoms with Gasteiger partial charge in [-0.2, -0.15) is 0 Å². The van der Waals surface area contributed by atoms with Crippen molar-refractivity contribution in [2.24, 2.45) is 0 Å². The second kappa shape index (κ2) is 5.35. The van der Waals surface area contributed by atoms with Crippen LogP contribution in [0.3, 0.4) is 0 Å². The van der Waals surface area contributed by atoms with Crippen LogP contribution >= 0.6 is 0 Å². The normalized spacial score (nSPS) is 14.2. The van der Waals surface area contributed by atoms with Crippen LogP contribution in [0.25, 0.3) is 0 Å². The van der Waals surface area contributed by atoms with Crippen molar-refractivity contribution in [1.29, 1.82) is 0 Å². The molecule has 1 heterocycles. The zero-order valence-corrected chi connectivity index (χ0v) is 12.9. The molecular formula is C17H22N4. The van der Waals surface area contributed by atoms with Gasteiger partial charge in [-0.05, 0) is 32.3 Å². The highest BCUT2D eigenvalue weighted by Crippen LogP contribution is 2.39. The van der Waals surface area contributed by atoms with Gasteiger partial charge in [0, 0.05) is 25.1 Å². The summed E-state index contributed by atoms with van der Waals surface area (Å²) in [6.45, 7) is 4.92. The third kappa shape index (κ3) is 2.99. The fraction of sp³-hybridized carbons (Fsp3) is 0.412. The predicted octanol–water partition coefficient (Wildman–Crippen LogP) is 3.19. The summed E-state index contributed by atoms with van der Waals surface area (Å²) in [6.07, 6.45) is 2.37. The maximum absolute atomic E-state index is 6.06. The van der Waals surface area contributed by atoms with E-state index < -0.39 is 0 Å². The summed E-state index contributed by atoms with van der Waals surface area (Å²) in [5, 5.41) is 0. The molecule has 0 aliphatic heterocycles. The molecule has 0 atom stereocenters. The zero-order valence-electron chi connectivity index (χ0n) is 12.9. The number of benzene rings is 1. The number of aryl methyl sites for hydroxylation is 1. The van der Waals surface area contributed by atoms with E-state index in [4.69, 9.17) is 10.7 Å². The molecule has 21 heavy (non-hydrogen) atoms. The number of hydrogen-bond donors (Lipinski definition) is 1. The molecule has 0 spiro atoms. The van der Waals surface area contributed by atoms with Gasteiger partial charge in [-0.3, -0.25) is 0 Å². The summed E-state index contributed by atoms with van der Waals surface area (Å²) in [7, 11) is 2.06. The smallest absolute Gasteiger partial charge is 0.137 e. The Morgan fingerprint density at radius 3 is 2.43 bits per heavy atom. The van der Waals surface area contributed by atoms with Gasteiger partial charge >= 0.3 is 0 Å². The molecule has 1 aromatic carbocycles. The Kier molecular flexibility index (Phi) is 3.53. The fourth-order valence-corrected chi connectivity index (χ4v) is 2.48. The van der Waals surface area contributed by atoms with Crippen molar-refractivity contribution in [1.82, 2.24) is 9.97 Å². The van der Waals surface area contributed by atoms with Crippen molar-refractivity contribution >= 4 is 11.6 Å². The zero-order chi connectivity index (χ0) is 15.0. The van der Waals surface area contributed by atoms with Gasteiger partial charge in [-0.1, -0.05) is 29.8 Å². The van der Waals surface area contributed by atoms with Gasteiger partial charge in [0.2, 0.25) is 0 Å². The standard InChI is InChI=1S/C17H22N4/c1-11-4-6-13(7-5-11)10-21(3)17-12(2)15(18)19-16(20-17)14-8-9-14/h4-7,14H,8-10H2,1-3H3,(H2,18,19,20). The first-order valence-electron chi connectivity index (χ1n) is 7.45. The minimum atomic E-state index is 0.513. The first-order valence-corrected chi connectivity index (χ1v) is 7.45. The van der Waals surface area contributed by atoms with Gasteiger partial charge in [0.15, 0.2) is 0 Å². The lowest BCUT2D eigenvalue weighted by atomic mass is 10.1. The van der Waals surface area contributed by atoms with Crippen LogP contribution in [0.4, 0.5) is 11.6 Å². The molecule has 1 aliphatic carbocycles. The van der Waals surface area contributed by atoms with Crippen molar-refractivity contribution in [3.63, 3.8) is 0 Å². The average Bonchev–Trinajstić information content (AvgIpc) is 3.28. The Morgan fingerprint density at radius 2 is 1.81 bits per heavy atom. The van der Waals surface area contributed by atoms with Crippen LogP contribution < -0.4 is 10.6 Å². The molecule has 1 fully saturated rings. The van der Waals surface area contributed by atoms with Crippen molar-refractivity contribution in [3.8, 4) is 0 Å². The Labute approximate surface area is 126 Å². The molecule has 3 rings (SSSR count). The lowest BCUT2D eigenvalue weighted by Crippen LogP contribution is -2.20. The van der Waals surface area contributed by atoms with Crippen LogP contribution in [0.1, 0.15) is 41.3 Å². The van der Waals surface area contributed by atoms with Crippen LogP contribution in [0, 0.1) is 13.8 Å². The van der Waals surface area contributed by atoms with Gasteiger partial charge in [0.25, 0.3) is 0 Å². The molecule has 0 saturated heterocycles. The van der Waals surface area contributed by atoms with Gasteiger partial charge < -0.3 is 10.6 Å². The van der Waals surface area contributed by atoms with Crippen LogP contribution in [0.2, 0.25) is 0 Å². The monoisotopic (exact) mass is 282 g/mol. The molecule has 0 bridgehead atoms. The van der Waals surface area contributed by atoms with Crippen molar-refractivity contribution in [3.05, 3.63) is 46.8 Å². The molecule has 0 unspecified atom stereocenters. The molecule has 1 aliphatic rings. The van der Waals surface area contributed by atoms with E-state index in [-0.39, 0.29) is 0 Å². The number of nitrogens with two attached hydrogens (primary N) is 1. The van der Waals surface area contributed by atoms with E-state index >= 15 is 0 Å². The molecule has 1 aromatic heterocycles. The van der Waals surface area contributed by atoms with E-state index in [1.165, 1.54) is 24.0 Å². The van der Waals surface area contributed by atoms with E-state index in [2.05, 4.69) is 48.1 Å². The average molecular weight is 282 g/mol. The number of hydrogen-bond acceptors (Lipinski definition) is 4. The highest BCUT2D eigenvalue weighted by molar-refractivity contribution is 5.56. The second-order valence-electron chi connectivity index (χ2n) is 6.03. The Balaban J connectivity index is 1.86. The highest BCUT2D eigenvalue weighted by atomic mass is 15.2. The molecular weight excluding hydrogens is 260 g/mol. The summed E-state index contributed by atoms with van der Waals surface area (Å²) >= 11 is 0. The Hall–Kier alpha value is -2.10. The van der Waals surface area contributed by atoms with Crippen LogP contribution in [-0.4, -0.2) is 17.0 Å². The number of aromatic nitrogens is 2. The minimum Gasteiger partial charge on any atom is -0.383 e. The summed E-state index contributed by atoms with van der Waals surface area (Å²) < 4.78 is 0. The molecule has 0 radical (unpaired) electrons. The quantitative estimate of drug-likeness (QED) is 0.935. The maximum Gasteiger partial charge on any atom is 0.137 e. The number of nitrogens with zero attached hydrogens (tertiary/aromatic N) is 3. The van der Waals surface area contributed by atoms with Gasteiger partial charge in [-0.15, -0.1) is 0 Å². The Bertz CT molecular complexity index is 645. The maximum atomic E-state index is 6.06. The SMILES string of the molecule is Cc1ccc(CN(C)c2nc(C3CC3)nc(N)c2C)cc1. The molecule has 2 aromatic rings. The molecule has 4 heteroatoms. The summed E-state index contributed by atoms with van der Waals surface area (Å²) in [5.74, 6) is 2.98.